The number of benzene rings is 1. The average molecular weight is 226 g/mol. The molecule has 0 radical (unpaired) electrons. The van der Waals surface area contributed by atoms with E-state index in [1.54, 1.807) is 25.1 Å². The molecule has 0 amide bonds. The molecule has 1 atom stereocenters. The second-order valence-corrected chi connectivity index (χ2v) is 6.02. The van der Waals surface area contributed by atoms with Crippen LogP contribution in [0.2, 0.25) is 0 Å². The topological polar surface area (TPSA) is 51.2 Å². The van der Waals surface area contributed by atoms with Crippen molar-refractivity contribution >= 4 is 15.6 Å². The van der Waals surface area contributed by atoms with Crippen molar-refractivity contribution in [1.82, 2.24) is 0 Å². The van der Waals surface area contributed by atoms with Crippen LogP contribution in [0.25, 0.3) is 0 Å². The number of Topliss-reactive ketones (excluding diaryl/α,β-unsaturated/α-hetero) is 1. The molecule has 0 N–H and O–H groups in total. The molecule has 0 spiro atoms. The fourth-order valence-corrected chi connectivity index (χ4v) is 1.78. The predicted molar refractivity (Wildman–Crippen MR) is 59.8 cm³/mol. The number of ketones is 1. The third-order valence-corrected chi connectivity index (χ3v) is 3.92. The van der Waals surface area contributed by atoms with Crippen molar-refractivity contribution in [2.24, 2.45) is 0 Å². The van der Waals surface area contributed by atoms with Crippen LogP contribution < -0.4 is 0 Å². The zero-order valence-corrected chi connectivity index (χ0v) is 9.84. The van der Waals surface area contributed by atoms with E-state index in [1.165, 1.54) is 6.92 Å². The second-order valence-electron chi connectivity index (χ2n) is 3.65. The number of carbonyl (C=O) groups excluding carboxylic acids is 1. The van der Waals surface area contributed by atoms with Gasteiger partial charge >= 0.3 is 0 Å². The third-order valence-electron chi connectivity index (χ3n) is 2.42. The summed E-state index contributed by atoms with van der Waals surface area (Å²) in [6.07, 6.45) is 1.08. The van der Waals surface area contributed by atoms with E-state index in [1.807, 2.05) is 6.07 Å². The smallest absolute Gasteiger partial charge is 0.180 e. The molecule has 15 heavy (non-hydrogen) atoms. The number of hydrogen-bond donors (Lipinski definition) is 0. The first-order valence-corrected chi connectivity index (χ1v) is 6.58. The van der Waals surface area contributed by atoms with E-state index in [0.29, 0.717) is 5.56 Å². The van der Waals surface area contributed by atoms with Crippen molar-refractivity contribution < 1.29 is 13.2 Å². The van der Waals surface area contributed by atoms with E-state index in [-0.39, 0.29) is 5.78 Å². The van der Waals surface area contributed by atoms with Gasteiger partial charge in [-0.3, -0.25) is 4.79 Å². The van der Waals surface area contributed by atoms with Gasteiger partial charge in [-0.25, -0.2) is 8.42 Å². The van der Waals surface area contributed by atoms with Gasteiger partial charge in [0, 0.05) is 11.8 Å². The molecule has 82 valence electrons. The first-order chi connectivity index (χ1) is 6.84. The van der Waals surface area contributed by atoms with Crippen LogP contribution in [-0.2, 0) is 9.84 Å². The molecule has 1 rings (SSSR count). The molecule has 0 bridgehead atoms. The SMILES string of the molecule is Cc1ccccc1C(=O)[C@@H](C)S(C)(=O)=O. The lowest BCUT2D eigenvalue weighted by atomic mass is 10.0. The molecule has 3 nitrogen and oxygen atoms in total. The van der Waals surface area contributed by atoms with Gasteiger partial charge in [0.05, 0.1) is 0 Å². The van der Waals surface area contributed by atoms with E-state index in [2.05, 4.69) is 0 Å². The van der Waals surface area contributed by atoms with E-state index < -0.39 is 15.1 Å². The number of carbonyl (C=O) groups is 1. The number of rotatable bonds is 3. The van der Waals surface area contributed by atoms with E-state index in [9.17, 15) is 13.2 Å². The summed E-state index contributed by atoms with van der Waals surface area (Å²) in [7, 11) is -3.32. The molecule has 0 aromatic heterocycles. The Hall–Kier alpha value is -1.16. The molecule has 0 fully saturated rings. The second kappa shape index (κ2) is 4.14. The molecular formula is C11H14O3S. The molecule has 1 aromatic carbocycles. The van der Waals surface area contributed by atoms with Crippen molar-refractivity contribution in [2.75, 3.05) is 6.26 Å². The Labute approximate surface area is 90.0 Å². The number of sulfone groups is 1. The van der Waals surface area contributed by atoms with Crippen LogP contribution in [0.15, 0.2) is 24.3 Å². The highest BCUT2D eigenvalue weighted by Crippen LogP contribution is 2.13. The monoisotopic (exact) mass is 226 g/mol. The quantitative estimate of drug-likeness (QED) is 0.736. The summed E-state index contributed by atoms with van der Waals surface area (Å²) < 4.78 is 22.5. The normalized spacial score (nSPS) is 13.5. The number of aryl methyl sites for hydroxylation is 1. The first kappa shape index (κ1) is 11.9. The Balaban J connectivity index is 3.12. The van der Waals surface area contributed by atoms with Gasteiger partial charge in [-0.05, 0) is 19.4 Å². The zero-order chi connectivity index (χ0) is 11.6. The maximum Gasteiger partial charge on any atom is 0.180 e. The van der Waals surface area contributed by atoms with E-state index in [0.717, 1.165) is 11.8 Å². The highest BCUT2D eigenvalue weighted by molar-refractivity contribution is 7.92. The maximum absolute atomic E-state index is 11.8. The van der Waals surface area contributed by atoms with Crippen molar-refractivity contribution in [3.63, 3.8) is 0 Å². The van der Waals surface area contributed by atoms with Gasteiger partial charge in [0.25, 0.3) is 0 Å². The van der Waals surface area contributed by atoms with Crippen LogP contribution >= 0.6 is 0 Å². The molecule has 0 unspecified atom stereocenters. The minimum Gasteiger partial charge on any atom is -0.293 e. The standard InChI is InChI=1S/C11H14O3S/c1-8-6-4-5-7-10(8)11(12)9(2)15(3,13)14/h4-7,9H,1-3H3/t9-/m1/s1. The summed E-state index contributed by atoms with van der Waals surface area (Å²) >= 11 is 0. The number of hydrogen-bond acceptors (Lipinski definition) is 3. The van der Waals surface area contributed by atoms with Crippen LogP contribution in [-0.4, -0.2) is 25.7 Å². The van der Waals surface area contributed by atoms with Gasteiger partial charge in [0.1, 0.15) is 5.25 Å². The van der Waals surface area contributed by atoms with Gasteiger partial charge in [-0.2, -0.15) is 0 Å². The summed E-state index contributed by atoms with van der Waals surface area (Å²) in [6, 6.07) is 6.99. The minimum atomic E-state index is -3.32. The van der Waals surface area contributed by atoms with Crippen LogP contribution in [0.4, 0.5) is 0 Å². The Kier molecular flexibility index (Phi) is 3.29. The summed E-state index contributed by atoms with van der Waals surface area (Å²) in [5.41, 5.74) is 1.29. The molecule has 4 heteroatoms. The predicted octanol–water partition coefficient (Wildman–Crippen LogP) is 1.61. The fourth-order valence-electron chi connectivity index (χ4n) is 1.26. The molecule has 0 saturated carbocycles. The van der Waals surface area contributed by atoms with Gasteiger partial charge in [-0.15, -0.1) is 0 Å². The molecule has 0 aliphatic carbocycles. The average Bonchev–Trinajstić information content (AvgIpc) is 2.15. The largest absolute Gasteiger partial charge is 0.293 e. The van der Waals surface area contributed by atoms with Crippen LogP contribution in [0, 0.1) is 6.92 Å². The van der Waals surface area contributed by atoms with Crippen molar-refractivity contribution in [1.29, 1.82) is 0 Å². The highest BCUT2D eigenvalue weighted by atomic mass is 32.2. The van der Waals surface area contributed by atoms with Crippen molar-refractivity contribution in [3.8, 4) is 0 Å². The van der Waals surface area contributed by atoms with Crippen molar-refractivity contribution in [2.45, 2.75) is 19.1 Å². The molecular weight excluding hydrogens is 212 g/mol. The molecule has 0 heterocycles. The lowest BCUT2D eigenvalue weighted by Crippen LogP contribution is -2.26. The molecule has 1 aromatic rings. The summed E-state index contributed by atoms with van der Waals surface area (Å²) in [5.74, 6) is -0.337. The maximum atomic E-state index is 11.8. The summed E-state index contributed by atoms with van der Waals surface area (Å²) in [5, 5.41) is -0.974. The van der Waals surface area contributed by atoms with Crippen LogP contribution in [0.5, 0.6) is 0 Å². The van der Waals surface area contributed by atoms with E-state index >= 15 is 0 Å². The van der Waals surface area contributed by atoms with Gasteiger partial charge in [-0.1, -0.05) is 24.3 Å². The van der Waals surface area contributed by atoms with Gasteiger partial charge < -0.3 is 0 Å². The summed E-state index contributed by atoms with van der Waals surface area (Å²) in [4.78, 5) is 11.8. The summed E-state index contributed by atoms with van der Waals surface area (Å²) in [6.45, 7) is 3.21. The lowest BCUT2D eigenvalue weighted by Gasteiger charge is -2.09. The van der Waals surface area contributed by atoms with E-state index in [4.69, 9.17) is 0 Å². The van der Waals surface area contributed by atoms with Crippen molar-refractivity contribution in [3.05, 3.63) is 35.4 Å². The Morgan fingerprint density at radius 2 is 1.80 bits per heavy atom. The first-order valence-electron chi connectivity index (χ1n) is 4.62. The highest BCUT2D eigenvalue weighted by Gasteiger charge is 2.25. The van der Waals surface area contributed by atoms with Crippen LogP contribution in [0.1, 0.15) is 22.8 Å². The Morgan fingerprint density at radius 1 is 1.27 bits per heavy atom. The van der Waals surface area contributed by atoms with Gasteiger partial charge in [0.15, 0.2) is 15.6 Å². The molecule has 0 aliphatic rings. The third kappa shape index (κ3) is 2.65. The van der Waals surface area contributed by atoms with Crippen LogP contribution in [0.3, 0.4) is 0 Å². The Bertz CT molecular complexity index is 474. The Morgan fingerprint density at radius 3 is 2.27 bits per heavy atom. The fraction of sp³-hybridized carbons (Fsp3) is 0.364. The minimum absolute atomic E-state index is 0.337. The lowest BCUT2D eigenvalue weighted by molar-refractivity contribution is 0.0991. The molecule has 0 saturated heterocycles. The molecule has 0 aliphatic heterocycles. The zero-order valence-electron chi connectivity index (χ0n) is 9.02. The van der Waals surface area contributed by atoms with Gasteiger partial charge in [0.2, 0.25) is 0 Å².